The second kappa shape index (κ2) is 4.33. The van der Waals surface area contributed by atoms with Crippen LogP contribution in [0, 0.1) is 13.8 Å². The summed E-state index contributed by atoms with van der Waals surface area (Å²) in [5.41, 5.74) is 2.85. The van der Waals surface area contributed by atoms with Gasteiger partial charge >= 0.3 is 5.97 Å². The number of carbonyl (C=O) groups is 1. The second-order valence-corrected chi connectivity index (χ2v) is 4.76. The summed E-state index contributed by atoms with van der Waals surface area (Å²) in [6.07, 6.45) is 0. The van der Waals surface area contributed by atoms with Crippen LogP contribution in [0.1, 0.15) is 21.7 Å². The van der Waals surface area contributed by atoms with E-state index >= 15 is 0 Å². The minimum absolute atomic E-state index is 0.238. The lowest BCUT2D eigenvalue weighted by Gasteiger charge is -2.06. The zero-order valence-electron chi connectivity index (χ0n) is 9.44. The summed E-state index contributed by atoms with van der Waals surface area (Å²) in [4.78, 5) is 11.0. The first-order chi connectivity index (χ1) is 7.97. The monoisotopic (exact) mass is 294 g/mol. The van der Waals surface area contributed by atoms with Crippen LogP contribution in [0.25, 0.3) is 5.69 Å². The molecule has 0 fully saturated rings. The van der Waals surface area contributed by atoms with E-state index in [0.29, 0.717) is 0 Å². The molecule has 0 unspecified atom stereocenters. The molecule has 0 aliphatic rings. The summed E-state index contributed by atoms with van der Waals surface area (Å²) >= 11 is 3.31. The molecule has 1 heterocycles. The van der Waals surface area contributed by atoms with Crippen molar-refractivity contribution in [1.29, 1.82) is 0 Å². The Morgan fingerprint density at radius 3 is 2.53 bits per heavy atom. The third-order valence-electron chi connectivity index (χ3n) is 2.38. The van der Waals surface area contributed by atoms with E-state index in [4.69, 9.17) is 5.11 Å². The first kappa shape index (κ1) is 11.9. The van der Waals surface area contributed by atoms with E-state index in [1.165, 1.54) is 0 Å². The summed E-state index contributed by atoms with van der Waals surface area (Å²) in [5, 5.41) is 13.3. The van der Waals surface area contributed by atoms with Crippen molar-refractivity contribution in [2.24, 2.45) is 0 Å². The van der Waals surface area contributed by atoms with Gasteiger partial charge < -0.3 is 5.11 Å². The van der Waals surface area contributed by atoms with Gasteiger partial charge in [-0.25, -0.2) is 9.48 Å². The van der Waals surface area contributed by atoms with Gasteiger partial charge in [-0.1, -0.05) is 15.9 Å². The number of aromatic nitrogens is 2. The average molecular weight is 295 g/mol. The van der Waals surface area contributed by atoms with Crippen molar-refractivity contribution in [1.82, 2.24) is 9.78 Å². The highest BCUT2D eigenvalue weighted by Crippen LogP contribution is 2.20. The third-order valence-corrected chi connectivity index (χ3v) is 2.84. The smallest absolute Gasteiger partial charge is 0.335 e. The molecule has 0 atom stereocenters. The van der Waals surface area contributed by atoms with E-state index in [1.807, 2.05) is 26.0 Å². The number of benzene rings is 1. The largest absolute Gasteiger partial charge is 0.478 e. The van der Waals surface area contributed by atoms with Crippen molar-refractivity contribution in [2.45, 2.75) is 13.8 Å². The summed E-state index contributed by atoms with van der Waals surface area (Å²) in [6, 6.07) is 6.96. The molecule has 2 rings (SSSR count). The molecule has 4 nitrogen and oxygen atoms in total. The van der Waals surface area contributed by atoms with Gasteiger partial charge in [-0.15, -0.1) is 0 Å². The van der Waals surface area contributed by atoms with E-state index in [-0.39, 0.29) is 5.56 Å². The topological polar surface area (TPSA) is 55.1 Å². The Balaban J connectivity index is 2.59. The lowest BCUT2D eigenvalue weighted by molar-refractivity contribution is 0.0697. The number of carboxylic acids is 1. The molecule has 2 aromatic rings. The Labute approximate surface area is 107 Å². The van der Waals surface area contributed by atoms with Gasteiger partial charge in [0.1, 0.15) is 0 Å². The van der Waals surface area contributed by atoms with Crippen molar-refractivity contribution in [3.8, 4) is 5.69 Å². The Morgan fingerprint density at radius 2 is 2.00 bits per heavy atom. The van der Waals surface area contributed by atoms with Crippen LogP contribution in [0.15, 0.2) is 28.7 Å². The molecular weight excluding hydrogens is 284 g/mol. The van der Waals surface area contributed by atoms with E-state index in [9.17, 15) is 4.79 Å². The maximum Gasteiger partial charge on any atom is 0.335 e. The number of hydrogen-bond acceptors (Lipinski definition) is 2. The number of aryl methyl sites for hydroxylation is 2. The average Bonchev–Trinajstić information content (AvgIpc) is 2.57. The molecule has 0 saturated carbocycles. The van der Waals surface area contributed by atoms with E-state index in [2.05, 4.69) is 21.0 Å². The van der Waals surface area contributed by atoms with Crippen LogP contribution in [0.3, 0.4) is 0 Å². The van der Waals surface area contributed by atoms with Gasteiger partial charge in [0.2, 0.25) is 0 Å². The molecule has 1 aromatic heterocycles. The molecule has 1 aromatic carbocycles. The van der Waals surface area contributed by atoms with Crippen molar-refractivity contribution in [3.05, 3.63) is 45.7 Å². The number of rotatable bonds is 2. The molecule has 0 spiro atoms. The molecule has 0 bridgehead atoms. The highest BCUT2D eigenvalue weighted by Gasteiger charge is 2.09. The van der Waals surface area contributed by atoms with Gasteiger partial charge in [0.15, 0.2) is 0 Å². The summed E-state index contributed by atoms with van der Waals surface area (Å²) in [6.45, 7) is 3.83. The fourth-order valence-corrected chi connectivity index (χ4v) is 2.19. The normalized spacial score (nSPS) is 10.5. The molecule has 0 saturated heterocycles. The SMILES string of the molecule is Cc1cc(C)n(-c2cc(Br)cc(C(=O)O)c2)n1. The van der Waals surface area contributed by atoms with Crippen LogP contribution >= 0.6 is 15.9 Å². The van der Waals surface area contributed by atoms with Gasteiger partial charge in [0.05, 0.1) is 16.9 Å². The minimum Gasteiger partial charge on any atom is -0.478 e. The number of aromatic carboxylic acids is 1. The van der Waals surface area contributed by atoms with Gasteiger partial charge in [0.25, 0.3) is 0 Å². The number of hydrogen-bond donors (Lipinski definition) is 1. The Bertz CT molecular complexity index is 590. The Kier molecular flexibility index (Phi) is 3.02. The van der Waals surface area contributed by atoms with E-state index in [1.54, 1.807) is 16.8 Å². The lowest BCUT2D eigenvalue weighted by Crippen LogP contribution is -2.03. The fraction of sp³-hybridized carbons (Fsp3) is 0.167. The molecule has 17 heavy (non-hydrogen) atoms. The molecule has 0 radical (unpaired) electrons. The fourth-order valence-electron chi connectivity index (χ4n) is 1.71. The third kappa shape index (κ3) is 2.39. The lowest BCUT2D eigenvalue weighted by atomic mass is 10.2. The van der Waals surface area contributed by atoms with Crippen molar-refractivity contribution < 1.29 is 9.90 Å². The highest BCUT2D eigenvalue weighted by atomic mass is 79.9. The van der Waals surface area contributed by atoms with E-state index < -0.39 is 5.97 Å². The molecule has 88 valence electrons. The van der Waals surface area contributed by atoms with Crippen LogP contribution in [-0.2, 0) is 0 Å². The quantitative estimate of drug-likeness (QED) is 0.926. The van der Waals surface area contributed by atoms with Crippen molar-refractivity contribution >= 4 is 21.9 Å². The van der Waals surface area contributed by atoms with Crippen LogP contribution in [0.2, 0.25) is 0 Å². The van der Waals surface area contributed by atoms with Crippen LogP contribution in [-0.4, -0.2) is 20.9 Å². The van der Waals surface area contributed by atoms with Crippen molar-refractivity contribution in [3.63, 3.8) is 0 Å². The van der Waals surface area contributed by atoms with Crippen molar-refractivity contribution in [2.75, 3.05) is 0 Å². The Morgan fingerprint density at radius 1 is 1.29 bits per heavy atom. The minimum atomic E-state index is -0.950. The molecule has 1 N–H and O–H groups in total. The molecule has 5 heteroatoms. The predicted molar refractivity (Wildman–Crippen MR) is 67.7 cm³/mol. The molecule has 0 aliphatic carbocycles. The van der Waals surface area contributed by atoms with Gasteiger partial charge in [-0.2, -0.15) is 5.10 Å². The standard InChI is InChI=1S/C12H11BrN2O2/c1-7-3-8(2)15(14-7)11-5-9(12(16)17)4-10(13)6-11/h3-6H,1-2H3,(H,16,17). The number of nitrogens with zero attached hydrogens (tertiary/aromatic N) is 2. The molecular formula is C12H11BrN2O2. The molecule has 0 aliphatic heterocycles. The van der Waals surface area contributed by atoms with E-state index in [0.717, 1.165) is 21.5 Å². The van der Waals surface area contributed by atoms with Gasteiger partial charge in [0, 0.05) is 10.2 Å². The van der Waals surface area contributed by atoms with Gasteiger partial charge in [-0.3, -0.25) is 0 Å². The molecule has 0 amide bonds. The Hall–Kier alpha value is -1.62. The maximum absolute atomic E-state index is 11.0. The number of halogens is 1. The van der Waals surface area contributed by atoms with Gasteiger partial charge in [-0.05, 0) is 38.1 Å². The number of carboxylic acid groups (broad SMARTS) is 1. The summed E-state index contributed by atoms with van der Waals surface area (Å²) in [5.74, 6) is -0.950. The second-order valence-electron chi connectivity index (χ2n) is 3.84. The first-order valence-electron chi connectivity index (χ1n) is 5.05. The highest BCUT2D eigenvalue weighted by molar-refractivity contribution is 9.10. The van der Waals surface area contributed by atoms with Crippen LogP contribution in [0.5, 0.6) is 0 Å². The predicted octanol–water partition coefficient (Wildman–Crippen LogP) is 2.95. The first-order valence-corrected chi connectivity index (χ1v) is 5.84. The maximum atomic E-state index is 11.0. The summed E-state index contributed by atoms with van der Waals surface area (Å²) < 4.78 is 2.45. The van der Waals surface area contributed by atoms with Crippen LogP contribution in [0.4, 0.5) is 0 Å². The zero-order valence-corrected chi connectivity index (χ0v) is 11.0. The summed E-state index contributed by atoms with van der Waals surface area (Å²) in [7, 11) is 0. The zero-order chi connectivity index (χ0) is 12.6. The van der Waals surface area contributed by atoms with Crippen LogP contribution < -0.4 is 0 Å².